The first-order valence-electron chi connectivity index (χ1n) is 24.3. The molecular weight excluding hydrogens is 927 g/mol. The number of aliphatic hydroxyl groups is 1. The fourth-order valence-electron chi connectivity index (χ4n) is 10.4. The van der Waals surface area contributed by atoms with Gasteiger partial charge >= 0.3 is 0 Å². The predicted octanol–water partition coefficient (Wildman–Crippen LogP) is 7.49. The van der Waals surface area contributed by atoms with Gasteiger partial charge in [0.15, 0.2) is 11.5 Å². The van der Waals surface area contributed by atoms with E-state index in [0.29, 0.717) is 52.8 Å². The van der Waals surface area contributed by atoms with Gasteiger partial charge in [-0.25, -0.2) is 15.0 Å². The smallest absolute Gasteiger partial charge is 0.254 e. The summed E-state index contributed by atoms with van der Waals surface area (Å²) in [6.07, 6.45) is 6.49. The number of benzene rings is 1. The molecule has 6 aromatic rings. The van der Waals surface area contributed by atoms with Crippen LogP contribution < -0.4 is 20.7 Å². The number of thiophene rings is 1. The van der Waals surface area contributed by atoms with Crippen molar-refractivity contribution < 1.29 is 28.5 Å². The molecule has 2 saturated heterocycles. The average Bonchev–Trinajstić information content (AvgIpc) is 4.21. The number of nitrogen functional groups attached to an aromatic ring is 1. The number of likely N-dealkylation sites (tertiary alicyclic amines) is 1. The lowest BCUT2D eigenvalue weighted by molar-refractivity contribution is -0.141. The summed E-state index contributed by atoms with van der Waals surface area (Å²) < 4.78 is 17.7. The molecule has 1 aromatic carbocycles. The molecule has 9 rings (SSSR count). The molecule has 0 radical (unpaired) electrons. The Hall–Kier alpha value is -6.20. The molecule has 2 amide bonds. The zero-order valence-corrected chi connectivity index (χ0v) is 42.0. The van der Waals surface area contributed by atoms with Crippen LogP contribution in [0, 0.1) is 24.2 Å². The molecule has 2 fully saturated rings. The number of nitrogens with two attached hydrogens (primary N) is 1. The molecule has 17 nitrogen and oxygen atoms in total. The van der Waals surface area contributed by atoms with Crippen LogP contribution in [0.4, 0.5) is 10.9 Å². The molecule has 3 aliphatic rings. The Balaban J connectivity index is 0.744. The Kier molecular flexibility index (Phi) is 14.7. The molecule has 2 aliphatic heterocycles. The minimum atomic E-state index is -0.819. The van der Waals surface area contributed by atoms with E-state index in [1.807, 2.05) is 62.7 Å². The molecule has 5 atom stereocenters. The first-order chi connectivity index (χ1) is 33.8. The topological polar surface area (TPSA) is 226 Å². The summed E-state index contributed by atoms with van der Waals surface area (Å²) >= 11 is 3.10. The second-order valence-corrected chi connectivity index (χ2v) is 21.4. The second kappa shape index (κ2) is 21.0. The summed E-state index contributed by atoms with van der Waals surface area (Å²) in [7, 11) is 0. The average molecular weight is 988 g/mol. The Labute approximate surface area is 416 Å². The van der Waals surface area contributed by atoms with Crippen molar-refractivity contribution in [2.75, 3.05) is 50.0 Å². The van der Waals surface area contributed by atoms with Crippen molar-refractivity contribution >= 4 is 45.4 Å². The summed E-state index contributed by atoms with van der Waals surface area (Å²) in [6.45, 7) is 14.5. The van der Waals surface area contributed by atoms with Crippen LogP contribution in [0.15, 0.2) is 63.2 Å². The zero-order valence-electron chi connectivity index (χ0n) is 40.4. The van der Waals surface area contributed by atoms with Gasteiger partial charge in [-0.05, 0) is 106 Å². The number of carbonyl (C=O) groups is 2. The second-order valence-electron chi connectivity index (χ2n) is 19.4. The fraction of sp³-hybridized carbons (Fsp3) is 0.490. The van der Waals surface area contributed by atoms with Gasteiger partial charge in [0.25, 0.3) is 5.88 Å². The lowest BCUT2D eigenvalue weighted by Gasteiger charge is -2.32. The molecule has 1 aliphatic carbocycles. The van der Waals surface area contributed by atoms with Crippen molar-refractivity contribution in [2.24, 2.45) is 5.92 Å². The van der Waals surface area contributed by atoms with Crippen molar-refractivity contribution in [3.05, 3.63) is 92.9 Å². The van der Waals surface area contributed by atoms with E-state index in [9.17, 15) is 20.0 Å². The highest BCUT2D eigenvalue weighted by atomic mass is 32.1. The summed E-state index contributed by atoms with van der Waals surface area (Å²) in [5.41, 5.74) is 13.6. The molecule has 0 spiro atoms. The third kappa shape index (κ3) is 10.2. The maximum Gasteiger partial charge on any atom is 0.254 e. The fourth-order valence-corrected chi connectivity index (χ4v) is 12.4. The number of anilines is 2. The van der Waals surface area contributed by atoms with E-state index in [0.717, 1.165) is 103 Å². The molecule has 1 unspecified atom stereocenters. The van der Waals surface area contributed by atoms with Crippen LogP contribution in [-0.2, 0) is 28.0 Å². The molecular formula is C51H61N11O6S2. The quantitative estimate of drug-likeness (QED) is 0.0799. The van der Waals surface area contributed by atoms with Gasteiger partial charge in [0.05, 0.1) is 40.0 Å². The number of aromatic nitrogens is 5. The van der Waals surface area contributed by atoms with Crippen LogP contribution in [0.1, 0.15) is 111 Å². The van der Waals surface area contributed by atoms with E-state index in [-0.39, 0.29) is 36.7 Å². The predicted molar refractivity (Wildman–Crippen MR) is 267 cm³/mol. The highest BCUT2D eigenvalue weighted by molar-refractivity contribution is 7.16. The van der Waals surface area contributed by atoms with E-state index in [1.165, 1.54) is 16.2 Å². The number of hydrogen-bond donors (Lipinski definition) is 3. The number of β-amino-alcohol motifs (C(OH)–C–C–N with tert-alkyl or cyclic N) is 1. The Morgan fingerprint density at radius 3 is 2.69 bits per heavy atom. The zero-order chi connectivity index (χ0) is 49.1. The van der Waals surface area contributed by atoms with Crippen LogP contribution in [-0.4, -0.2) is 110 Å². The van der Waals surface area contributed by atoms with Crippen LogP contribution >= 0.6 is 22.7 Å². The number of carbonyl (C=O) groups excluding carboxylic acids is 2. The Morgan fingerprint density at radius 1 is 1.09 bits per heavy atom. The highest BCUT2D eigenvalue weighted by Crippen LogP contribution is 2.49. The Bertz CT molecular complexity index is 2830. The number of rotatable bonds is 16. The van der Waals surface area contributed by atoms with Gasteiger partial charge in [0.1, 0.15) is 28.7 Å². The molecule has 5 aromatic heterocycles. The third-order valence-electron chi connectivity index (χ3n) is 14.1. The lowest BCUT2D eigenvalue weighted by Crippen LogP contribution is -2.48. The summed E-state index contributed by atoms with van der Waals surface area (Å²) in [4.78, 5) is 50.2. The van der Waals surface area contributed by atoms with E-state index in [4.69, 9.17) is 24.5 Å². The number of thiazole rings is 1. The van der Waals surface area contributed by atoms with Crippen molar-refractivity contribution in [1.29, 1.82) is 5.26 Å². The monoisotopic (exact) mass is 987 g/mol. The van der Waals surface area contributed by atoms with Gasteiger partial charge in [0.2, 0.25) is 17.8 Å². The van der Waals surface area contributed by atoms with Gasteiger partial charge in [0, 0.05) is 67.3 Å². The van der Waals surface area contributed by atoms with Gasteiger partial charge in [-0.1, -0.05) is 43.3 Å². The van der Waals surface area contributed by atoms with E-state index in [2.05, 4.69) is 55.3 Å². The van der Waals surface area contributed by atoms with Crippen molar-refractivity contribution in [2.45, 2.75) is 116 Å². The molecule has 0 saturated carbocycles. The van der Waals surface area contributed by atoms with Crippen LogP contribution in [0.3, 0.4) is 0 Å². The number of hydrogen-bond acceptors (Lipinski definition) is 17. The summed E-state index contributed by atoms with van der Waals surface area (Å²) in [6, 6.07) is 15.1. The number of ether oxygens (including phenoxy) is 1. The van der Waals surface area contributed by atoms with Crippen LogP contribution in [0.5, 0.6) is 5.88 Å². The van der Waals surface area contributed by atoms with Crippen molar-refractivity contribution in [3.63, 3.8) is 0 Å². The maximum absolute atomic E-state index is 14.2. The molecule has 7 heterocycles. The molecule has 19 heteroatoms. The molecule has 0 bridgehead atoms. The van der Waals surface area contributed by atoms with E-state index < -0.39 is 23.5 Å². The maximum atomic E-state index is 14.2. The third-order valence-corrected chi connectivity index (χ3v) is 16.1. The first-order valence-corrected chi connectivity index (χ1v) is 26.0. The number of nitrogens with one attached hydrogen (secondary N) is 1. The van der Waals surface area contributed by atoms with Crippen molar-refractivity contribution in [1.82, 2.24) is 40.4 Å². The van der Waals surface area contributed by atoms with Gasteiger partial charge in [-0.2, -0.15) is 5.26 Å². The normalized spacial score (nSPS) is 21.1. The van der Waals surface area contributed by atoms with Crippen LogP contribution in [0.2, 0.25) is 0 Å². The lowest BCUT2D eigenvalue weighted by atomic mass is 9.70. The van der Waals surface area contributed by atoms with E-state index >= 15 is 0 Å². The minimum Gasteiger partial charge on any atom is -0.476 e. The number of amides is 2. The number of aryl methyl sites for hydroxylation is 2. The minimum absolute atomic E-state index is 0.0561. The largest absolute Gasteiger partial charge is 0.476 e. The number of fused-ring (bicyclic) bond motifs is 1. The SMILES string of the molecule is Cc1ncsc1-c1ccc(CNC(=O)[C@@H]2C[C@@H](O)CN2C(=O)C(c2cc(OCCCCN3CCCN(c4nccc(-c5cc([C@@]6(C)CCCc7sc(N)c(C#N)c76)no5)n4)[C@@H](C)C3)no2)C(C)C)cc1. The number of unbranched alkanes of at least 4 members (excludes halogenated alkanes) is 1. The first kappa shape index (κ1) is 48.8. The molecule has 368 valence electrons. The summed E-state index contributed by atoms with van der Waals surface area (Å²) in [5.74, 6) is 0.380. The summed E-state index contributed by atoms with van der Waals surface area (Å²) in [5, 5.41) is 32.8. The number of nitrogens with zero attached hydrogens (tertiary/aromatic N) is 9. The van der Waals surface area contributed by atoms with E-state index in [1.54, 1.807) is 23.6 Å². The standard InChI is InChI=1S/C51H61N11O6S2/c1-30(2)44(49(65)62-28-35(63)22-38(62)48(64)55-26-33-11-13-34(14-12-33)46-32(4)56-29-69-46)40-24-43(59-68-40)66-21-7-6-18-60-19-9-20-61(31(3)27-60)50-54-17-15-37(57-50)39-23-42(58-67-39)51(5)16-8-10-41-45(51)36(25-52)47(53)70-41/h11-15,17,23-24,29-31,35,38,44,63H,6-10,16,18-22,26-28,53H2,1-5H3,(H,55,64)/t31-,35+,38-,44?,51+/m0/s1. The van der Waals surface area contributed by atoms with Crippen molar-refractivity contribution in [3.8, 4) is 33.8 Å². The molecule has 70 heavy (non-hydrogen) atoms. The van der Waals surface area contributed by atoms with Gasteiger partial charge < -0.3 is 44.6 Å². The highest BCUT2D eigenvalue weighted by Gasteiger charge is 2.44. The van der Waals surface area contributed by atoms with Gasteiger partial charge in [-0.3, -0.25) is 9.59 Å². The van der Waals surface area contributed by atoms with Crippen LogP contribution in [0.25, 0.3) is 21.9 Å². The Morgan fingerprint density at radius 2 is 1.91 bits per heavy atom. The van der Waals surface area contributed by atoms with Gasteiger partial charge in [-0.15, -0.1) is 22.7 Å². The number of nitriles is 1. The molecule has 4 N–H and O–H groups in total. The number of aliphatic hydroxyl groups excluding tert-OH is 1.